The van der Waals surface area contributed by atoms with Gasteiger partial charge in [-0.2, -0.15) is 0 Å². The van der Waals surface area contributed by atoms with Crippen LogP contribution in [0.15, 0.2) is 6.20 Å². The largest absolute Gasteiger partial charge is 0.309 e. The number of thiazole rings is 1. The maximum Gasteiger partial charge on any atom is 0.0897 e. The molecule has 0 bridgehead atoms. The lowest BCUT2D eigenvalue weighted by Gasteiger charge is -2.38. The summed E-state index contributed by atoms with van der Waals surface area (Å²) in [5.74, 6) is 2.51. The summed E-state index contributed by atoms with van der Waals surface area (Å²) in [6.45, 7) is 10.2. The number of nitrogens with zero attached hydrogens (tertiary/aromatic N) is 1. The minimum atomic E-state index is 0.691. The molecule has 3 unspecified atom stereocenters. The molecule has 0 aliphatic heterocycles. The highest BCUT2D eigenvalue weighted by Crippen LogP contribution is 2.33. The van der Waals surface area contributed by atoms with Crippen LogP contribution in [0, 0.1) is 24.7 Å². The lowest BCUT2D eigenvalue weighted by atomic mass is 9.74. The zero-order valence-corrected chi connectivity index (χ0v) is 12.9. The highest BCUT2D eigenvalue weighted by Gasteiger charge is 2.30. The van der Waals surface area contributed by atoms with Crippen molar-refractivity contribution in [3.05, 3.63) is 16.1 Å². The van der Waals surface area contributed by atoms with E-state index >= 15 is 0 Å². The average Bonchev–Trinajstić information content (AvgIpc) is 2.72. The normalized spacial score (nSPS) is 28.8. The zero-order valence-electron chi connectivity index (χ0n) is 12.1. The topological polar surface area (TPSA) is 24.9 Å². The van der Waals surface area contributed by atoms with E-state index in [9.17, 15) is 0 Å². The van der Waals surface area contributed by atoms with Gasteiger partial charge in [0.1, 0.15) is 0 Å². The molecule has 3 atom stereocenters. The molecule has 1 N–H and O–H groups in total. The van der Waals surface area contributed by atoms with Crippen molar-refractivity contribution in [2.24, 2.45) is 17.8 Å². The molecular weight excluding hydrogens is 240 g/mol. The number of rotatable bonds is 4. The Bertz CT molecular complexity index is 372. The summed E-state index contributed by atoms with van der Waals surface area (Å²) in [7, 11) is 0. The number of hydrogen-bond acceptors (Lipinski definition) is 3. The van der Waals surface area contributed by atoms with E-state index in [4.69, 9.17) is 0 Å². The van der Waals surface area contributed by atoms with Gasteiger partial charge >= 0.3 is 0 Å². The van der Waals surface area contributed by atoms with Crippen LogP contribution < -0.4 is 5.32 Å². The van der Waals surface area contributed by atoms with Crippen molar-refractivity contribution >= 4 is 11.3 Å². The fraction of sp³-hybridized carbons (Fsp3) is 0.800. The Morgan fingerprint density at radius 1 is 1.44 bits per heavy atom. The van der Waals surface area contributed by atoms with Crippen LogP contribution in [0.1, 0.15) is 49.9 Å². The molecule has 1 aromatic heterocycles. The summed E-state index contributed by atoms with van der Waals surface area (Å²) >= 11 is 1.81. The summed E-state index contributed by atoms with van der Waals surface area (Å²) in [6, 6.07) is 0.691. The summed E-state index contributed by atoms with van der Waals surface area (Å²) < 4.78 is 0. The highest BCUT2D eigenvalue weighted by molar-refractivity contribution is 7.11. The predicted molar refractivity (Wildman–Crippen MR) is 78.8 cm³/mol. The Hall–Kier alpha value is -0.410. The third-order valence-electron chi connectivity index (χ3n) is 4.23. The van der Waals surface area contributed by atoms with E-state index in [0.29, 0.717) is 6.04 Å². The van der Waals surface area contributed by atoms with Gasteiger partial charge in [0, 0.05) is 23.7 Å². The van der Waals surface area contributed by atoms with Crippen LogP contribution in [0.4, 0.5) is 0 Å². The highest BCUT2D eigenvalue weighted by atomic mass is 32.1. The zero-order chi connectivity index (χ0) is 13.1. The first-order valence-electron chi connectivity index (χ1n) is 7.21. The van der Waals surface area contributed by atoms with Gasteiger partial charge < -0.3 is 5.32 Å². The SMILES string of the molecule is Cc1ncc(CNC2CC(C)CCC2C(C)C)s1. The minimum Gasteiger partial charge on any atom is -0.309 e. The fourth-order valence-corrected chi connectivity index (χ4v) is 3.90. The monoisotopic (exact) mass is 266 g/mol. The van der Waals surface area contributed by atoms with E-state index < -0.39 is 0 Å². The van der Waals surface area contributed by atoms with E-state index in [1.54, 1.807) is 0 Å². The Kier molecular flexibility index (Phi) is 4.79. The van der Waals surface area contributed by atoms with E-state index in [0.717, 1.165) is 24.3 Å². The first kappa shape index (κ1) is 14.0. The molecule has 1 aliphatic carbocycles. The number of hydrogen-bond donors (Lipinski definition) is 1. The molecule has 1 aliphatic rings. The molecular formula is C15H26N2S. The number of nitrogens with one attached hydrogen (secondary N) is 1. The van der Waals surface area contributed by atoms with Gasteiger partial charge in [-0.05, 0) is 37.5 Å². The lowest BCUT2D eigenvalue weighted by molar-refractivity contribution is 0.169. The third-order valence-corrected chi connectivity index (χ3v) is 5.14. The summed E-state index contributed by atoms with van der Waals surface area (Å²) in [4.78, 5) is 5.70. The van der Waals surface area contributed by atoms with Crippen molar-refractivity contribution in [1.29, 1.82) is 0 Å². The van der Waals surface area contributed by atoms with Crippen LogP contribution in [0.3, 0.4) is 0 Å². The van der Waals surface area contributed by atoms with Gasteiger partial charge in [0.2, 0.25) is 0 Å². The van der Waals surface area contributed by atoms with Crippen LogP contribution in [0.5, 0.6) is 0 Å². The van der Waals surface area contributed by atoms with E-state index in [-0.39, 0.29) is 0 Å². The van der Waals surface area contributed by atoms with Crippen molar-refractivity contribution < 1.29 is 0 Å². The second-order valence-corrected chi connectivity index (χ2v) is 7.48. The van der Waals surface area contributed by atoms with Gasteiger partial charge in [-0.25, -0.2) is 4.98 Å². The first-order chi connectivity index (χ1) is 8.56. The Labute approximate surface area is 115 Å². The van der Waals surface area contributed by atoms with Crippen LogP contribution >= 0.6 is 11.3 Å². The lowest BCUT2D eigenvalue weighted by Crippen LogP contribution is -2.42. The Morgan fingerprint density at radius 2 is 2.22 bits per heavy atom. The Balaban J connectivity index is 1.92. The second-order valence-electron chi connectivity index (χ2n) is 6.16. The number of aryl methyl sites for hydroxylation is 1. The van der Waals surface area contributed by atoms with Gasteiger partial charge in [0.15, 0.2) is 0 Å². The Morgan fingerprint density at radius 3 is 2.83 bits per heavy atom. The van der Waals surface area contributed by atoms with Crippen molar-refractivity contribution in [3.63, 3.8) is 0 Å². The van der Waals surface area contributed by atoms with Gasteiger partial charge in [0.05, 0.1) is 5.01 Å². The molecule has 1 fully saturated rings. The maximum absolute atomic E-state index is 4.33. The van der Waals surface area contributed by atoms with Crippen molar-refractivity contribution in [3.8, 4) is 0 Å². The molecule has 102 valence electrons. The first-order valence-corrected chi connectivity index (χ1v) is 8.02. The maximum atomic E-state index is 4.33. The molecule has 2 rings (SSSR count). The smallest absolute Gasteiger partial charge is 0.0897 e. The molecule has 0 radical (unpaired) electrons. The second kappa shape index (κ2) is 6.16. The quantitative estimate of drug-likeness (QED) is 0.891. The minimum absolute atomic E-state index is 0.691. The van der Waals surface area contributed by atoms with Crippen LogP contribution in [0.25, 0.3) is 0 Å². The number of aromatic nitrogens is 1. The fourth-order valence-electron chi connectivity index (χ4n) is 3.16. The molecule has 0 amide bonds. The van der Waals surface area contributed by atoms with Crippen LogP contribution in [-0.2, 0) is 6.54 Å². The van der Waals surface area contributed by atoms with Gasteiger partial charge in [0.25, 0.3) is 0 Å². The summed E-state index contributed by atoms with van der Waals surface area (Å²) in [6.07, 6.45) is 6.14. The molecule has 0 aromatic carbocycles. The van der Waals surface area contributed by atoms with Crippen molar-refractivity contribution in [2.75, 3.05) is 0 Å². The van der Waals surface area contributed by atoms with Crippen molar-refractivity contribution in [2.45, 2.75) is 59.5 Å². The van der Waals surface area contributed by atoms with E-state index in [2.05, 4.69) is 38.0 Å². The van der Waals surface area contributed by atoms with Crippen molar-refractivity contribution in [1.82, 2.24) is 10.3 Å². The molecule has 1 aromatic rings. The molecule has 2 nitrogen and oxygen atoms in total. The summed E-state index contributed by atoms with van der Waals surface area (Å²) in [5, 5.41) is 4.95. The van der Waals surface area contributed by atoms with Crippen LogP contribution in [0.2, 0.25) is 0 Å². The molecule has 1 saturated carbocycles. The van der Waals surface area contributed by atoms with Gasteiger partial charge in [-0.3, -0.25) is 0 Å². The molecule has 18 heavy (non-hydrogen) atoms. The average molecular weight is 266 g/mol. The van der Waals surface area contributed by atoms with Crippen LogP contribution in [-0.4, -0.2) is 11.0 Å². The third kappa shape index (κ3) is 3.55. The molecule has 0 saturated heterocycles. The summed E-state index contributed by atoms with van der Waals surface area (Å²) in [5.41, 5.74) is 0. The predicted octanol–water partition coefficient (Wildman–Crippen LogP) is 4.00. The van der Waals surface area contributed by atoms with Gasteiger partial charge in [-0.1, -0.05) is 27.2 Å². The molecule has 3 heteroatoms. The molecule has 0 spiro atoms. The standard InChI is InChI=1S/C15H26N2S/c1-10(2)14-6-5-11(3)7-15(14)17-9-13-8-16-12(4)18-13/h8,10-11,14-15,17H,5-7,9H2,1-4H3. The molecule has 1 heterocycles. The van der Waals surface area contributed by atoms with Gasteiger partial charge in [-0.15, -0.1) is 11.3 Å². The van der Waals surface area contributed by atoms with E-state index in [1.807, 2.05) is 17.5 Å². The van der Waals surface area contributed by atoms with E-state index in [1.165, 1.54) is 29.1 Å².